The van der Waals surface area contributed by atoms with E-state index in [0.717, 1.165) is 32.4 Å². The van der Waals surface area contributed by atoms with E-state index in [1.165, 1.54) is 18.2 Å². The number of carbonyl (C=O) groups is 1. The van der Waals surface area contributed by atoms with Gasteiger partial charge in [-0.1, -0.05) is 11.6 Å². The summed E-state index contributed by atoms with van der Waals surface area (Å²) in [6, 6.07) is 4.02. The van der Waals surface area contributed by atoms with Gasteiger partial charge in [-0.25, -0.2) is 0 Å². The van der Waals surface area contributed by atoms with Gasteiger partial charge in [-0.05, 0) is 44.3 Å². The highest BCUT2D eigenvalue weighted by Crippen LogP contribution is 2.27. The first-order chi connectivity index (χ1) is 10.1. The highest BCUT2D eigenvalue weighted by atomic mass is 35.5. The van der Waals surface area contributed by atoms with Crippen molar-refractivity contribution in [3.05, 3.63) is 33.3 Å². The molecule has 2 N–H and O–H groups in total. The first-order valence-electron chi connectivity index (χ1n) is 7.01. The Bertz CT molecular complexity index is 530. The topological polar surface area (TPSA) is 84.3 Å². The van der Waals surface area contributed by atoms with Crippen molar-refractivity contribution >= 4 is 28.9 Å². The molecular weight excluding hydrogens is 294 g/mol. The third kappa shape index (κ3) is 4.68. The predicted molar refractivity (Wildman–Crippen MR) is 81.6 cm³/mol. The molecule has 2 rings (SSSR count). The molecule has 21 heavy (non-hydrogen) atoms. The summed E-state index contributed by atoms with van der Waals surface area (Å²) >= 11 is 5.94. The van der Waals surface area contributed by atoms with Crippen LogP contribution in [0.5, 0.6) is 0 Å². The van der Waals surface area contributed by atoms with E-state index in [-0.39, 0.29) is 16.6 Å². The maximum atomic E-state index is 11.9. The average Bonchev–Trinajstić information content (AvgIpc) is 2.48. The quantitative estimate of drug-likeness (QED) is 0.646. The number of hydrogen-bond donors (Lipinski definition) is 2. The molecule has 1 heterocycles. The lowest BCUT2D eigenvalue weighted by atomic mass is 9.94. The Morgan fingerprint density at radius 3 is 2.95 bits per heavy atom. The van der Waals surface area contributed by atoms with Gasteiger partial charge in [0.25, 0.3) is 5.69 Å². The normalized spacial score (nSPS) is 18.2. The zero-order valence-corrected chi connectivity index (χ0v) is 12.4. The number of halogens is 1. The Morgan fingerprint density at radius 2 is 2.33 bits per heavy atom. The van der Waals surface area contributed by atoms with Gasteiger partial charge in [0.1, 0.15) is 0 Å². The van der Waals surface area contributed by atoms with Crippen LogP contribution in [-0.4, -0.2) is 23.9 Å². The molecule has 1 atom stereocenters. The molecule has 1 aromatic carbocycles. The SMILES string of the molecule is O=C(CCC1CCCNC1)Nc1ccc([N+](=O)[O-])cc1Cl. The lowest BCUT2D eigenvalue weighted by molar-refractivity contribution is -0.384. The van der Waals surface area contributed by atoms with Crippen molar-refractivity contribution in [2.75, 3.05) is 18.4 Å². The fourth-order valence-electron chi connectivity index (χ4n) is 2.44. The second-order valence-electron chi connectivity index (χ2n) is 5.22. The number of piperidine rings is 1. The van der Waals surface area contributed by atoms with E-state index < -0.39 is 4.92 Å². The predicted octanol–water partition coefficient (Wildman–Crippen LogP) is 2.97. The smallest absolute Gasteiger partial charge is 0.271 e. The van der Waals surface area contributed by atoms with Crippen molar-refractivity contribution in [1.82, 2.24) is 5.32 Å². The highest BCUT2D eigenvalue weighted by Gasteiger charge is 2.15. The van der Waals surface area contributed by atoms with Crippen LogP contribution >= 0.6 is 11.6 Å². The molecule has 1 unspecified atom stereocenters. The van der Waals surface area contributed by atoms with Gasteiger partial charge in [-0.3, -0.25) is 14.9 Å². The molecule has 1 aliphatic heterocycles. The summed E-state index contributed by atoms with van der Waals surface area (Å²) in [4.78, 5) is 22.0. The van der Waals surface area contributed by atoms with E-state index in [4.69, 9.17) is 11.6 Å². The molecule has 7 heteroatoms. The Kier molecular flexibility index (Phi) is 5.52. The maximum Gasteiger partial charge on any atom is 0.271 e. The van der Waals surface area contributed by atoms with Gasteiger partial charge >= 0.3 is 0 Å². The summed E-state index contributed by atoms with van der Waals surface area (Å²) in [5, 5.41) is 16.8. The number of nitro groups is 1. The van der Waals surface area contributed by atoms with Gasteiger partial charge < -0.3 is 10.6 Å². The molecule has 1 amide bonds. The monoisotopic (exact) mass is 311 g/mol. The number of non-ortho nitro benzene ring substituents is 1. The molecule has 6 nitrogen and oxygen atoms in total. The Labute approximate surface area is 128 Å². The fraction of sp³-hybridized carbons (Fsp3) is 0.500. The molecule has 1 fully saturated rings. The molecular formula is C14H18ClN3O3. The van der Waals surface area contributed by atoms with E-state index in [9.17, 15) is 14.9 Å². The number of nitrogens with zero attached hydrogens (tertiary/aromatic N) is 1. The molecule has 0 aliphatic carbocycles. The van der Waals surface area contributed by atoms with Crippen LogP contribution in [0.1, 0.15) is 25.7 Å². The van der Waals surface area contributed by atoms with Crippen molar-refractivity contribution < 1.29 is 9.72 Å². The summed E-state index contributed by atoms with van der Waals surface area (Å²) in [5.41, 5.74) is 0.320. The van der Waals surface area contributed by atoms with Crippen LogP contribution in [0.25, 0.3) is 0 Å². The fourth-order valence-corrected chi connectivity index (χ4v) is 2.66. The molecule has 0 aromatic heterocycles. The second-order valence-corrected chi connectivity index (χ2v) is 5.63. The summed E-state index contributed by atoms with van der Waals surface area (Å²) in [7, 11) is 0. The Hall–Kier alpha value is -1.66. The van der Waals surface area contributed by atoms with Crippen molar-refractivity contribution in [3.8, 4) is 0 Å². The van der Waals surface area contributed by atoms with Gasteiger partial charge in [0, 0.05) is 18.6 Å². The number of nitrogens with one attached hydrogen (secondary N) is 2. The molecule has 1 aromatic rings. The summed E-state index contributed by atoms with van der Waals surface area (Å²) < 4.78 is 0. The molecule has 1 saturated heterocycles. The lowest BCUT2D eigenvalue weighted by Crippen LogP contribution is -2.30. The summed E-state index contributed by atoms with van der Waals surface area (Å²) in [6.07, 6.45) is 3.57. The number of carbonyl (C=O) groups excluding carboxylic acids is 1. The van der Waals surface area contributed by atoms with E-state index in [1.807, 2.05) is 0 Å². The van der Waals surface area contributed by atoms with Gasteiger partial charge in [-0.2, -0.15) is 0 Å². The zero-order chi connectivity index (χ0) is 15.2. The number of rotatable bonds is 5. The van der Waals surface area contributed by atoms with Crippen LogP contribution < -0.4 is 10.6 Å². The molecule has 114 valence electrons. The molecule has 0 bridgehead atoms. The largest absolute Gasteiger partial charge is 0.325 e. The average molecular weight is 312 g/mol. The lowest BCUT2D eigenvalue weighted by Gasteiger charge is -2.22. The van der Waals surface area contributed by atoms with Crippen LogP contribution in [0.3, 0.4) is 0 Å². The number of hydrogen-bond acceptors (Lipinski definition) is 4. The van der Waals surface area contributed by atoms with Crippen LogP contribution in [0.4, 0.5) is 11.4 Å². The van der Waals surface area contributed by atoms with Crippen LogP contribution in [-0.2, 0) is 4.79 Å². The molecule has 0 spiro atoms. The minimum Gasteiger partial charge on any atom is -0.325 e. The van der Waals surface area contributed by atoms with E-state index >= 15 is 0 Å². The van der Waals surface area contributed by atoms with Gasteiger partial charge in [0.05, 0.1) is 15.6 Å². The van der Waals surface area contributed by atoms with Crippen molar-refractivity contribution in [3.63, 3.8) is 0 Å². The number of anilines is 1. The van der Waals surface area contributed by atoms with Gasteiger partial charge in [0.15, 0.2) is 0 Å². The molecule has 0 radical (unpaired) electrons. The third-order valence-corrected chi connectivity index (χ3v) is 3.93. The minimum atomic E-state index is -0.520. The second kappa shape index (κ2) is 7.38. The first kappa shape index (κ1) is 15.7. The maximum absolute atomic E-state index is 11.9. The van der Waals surface area contributed by atoms with E-state index in [2.05, 4.69) is 10.6 Å². The molecule has 0 saturated carbocycles. The first-order valence-corrected chi connectivity index (χ1v) is 7.38. The van der Waals surface area contributed by atoms with Crippen molar-refractivity contribution in [2.24, 2.45) is 5.92 Å². The van der Waals surface area contributed by atoms with Crippen LogP contribution in [0, 0.1) is 16.0 Å². The summed E-state index contributed by atoms with van der Waals surface area (Å²) in [6.45, 7) is 2.02. The number of nitro benzene ring substituents is 1. The highest BCUT2D eigenvalue weighted by molar-refractivity contribution is 6.33. The Morgan fingerprint density at radius 1 is 1.52 bits per heavy atom. The minimum absolute atomic E-state index is 0.0914. The van der Waals surface area contributed by atoms with Crippen molar-refractivity contribution in [2.45, 2.75) is 25.7 Å². The van der Waals surface area contributed by atoms with Gasteiger partial charge in [0.2, 0.25) is 5.91 Å². The van der Waals surface area contributed by atoms with E-state index in [1.54, 1.807) is 0 Å². The number of amides is 1. The summed E-state index contributed by atoms with van der Waals surface area (Å²) in [5.74, 6) is 0.424. The van der Waals surface area contributed by atoms with Crippen LogP contribution in [0.15, 0.2) is 18.2 Å². The zero-order valence-electron chi connectivity index (χ0n) is 11.6. The van der Waals surface area contributed by atoms with Gasteiger partial charge in [-0.15, -0.1) is 0 Å². The van der Waals surface area contributed by atoms with Crippen LogP contribution in [0.2, 0.25) is 5.02 Å². The van der Waals surface area contributed by atoms with Crippen molar-refractivity contribution in [1.29, 1.82) is 0 Å². The van der Waals surface area contributed by atoms with E-state index in [0.29, 0.717) is 18.0 Å². The molecule has 1 aliphatic rings. The third-order valence-electron chi connectivity index (χ3n) is 3.62. The standard InChI is InChI=1S/C14H18ClN3O3/c15-12-8-11(18(20)21)4-5-13(12)17-14(19)6-3-10-2-1-7-16-9-10/h4-5,8,10,16H,1-3,6-7,9H2,(H,17,19). The Balaban J connectivity index is 1.85. The number of benzene rings is 1.